The van der Waals surface area contributed by atoms with Crippen molar-refractivity contribution in [3.63, 3.8) is 0 Å². The van der Waals surface area contributed by atoms with Gasteiger partial charge in [0.05, 0.1) is 17.9 Å². The molecule has 0 atom stereocenters. The summed E-state index contributed by atoms with van der Waals surface area (Å²) < 4.78 is 3.85. The summed E-state index contributed by atoms with van der Waals surface area (Å²) in [5.74, 6) is 0.122. The van der Waals surface area contributed by atoms with E-state index in [2.05, 4.69) is 10.1 Å². The maximum atomic E-state index is 12.4. The largest absolute Gasteiger partial charge is 0.340 e. The Labute approximate surface area is 135 Å². The number of aryl methyl sites for hydroxylation is 3. The molecule has 0 unspecified atom stereocenters. The zero-order valence-electron chi connectivity index (χ0n) is 13.7. The summed E-state index contributed by atoms with van der Waals surface area (Å²) in [6, 6.07) is 7.86. The van der Waals surface area contributed by atoms with Crippen molar-refractivity contribution in [2.45, 2.75) is 26.3 Å². The molecule has 0 spiro atoms. The number of pyridine rings is 1. The van der Waals surface area contributed by atoms with E-state index >= 15 is 0 Å². The van der Waals surface area contributed by atoms with Crippen molar-refractivity contribution in [3.05, 3.63) is 53.7 Å². The van der Waals surface area contributed by atoms with Crippen molar-refractivity contribution < 1.29 is 4.79 Å². The van der Waals surface area contributed by atoms with Crippen LogP contribution in [-0.4, -0.2) is 37.0 Å². The molecule has 0 aliphatic rings. The molecule has 0 saturated carbocycles. The first-order valence-corrected chi connectivity index (χ1v) is 7.69. The predicted molar refractivity (Wildman–Crippen MR) is 87.9 cm³/mol. The van der Waals surface area contributed by atoms with Gasteiger partial charge >= 0.3 is 0 Å². The van der Waals surface area contributed by atoms with Crippen molar-refractivity contribution in [3.8, 4) is 0 Å². The van der Waals surface area contributed by atoms with Crippen LogP contribution in [0.15, 0.2) is 36.7 Å². The van der Waals surface area contributed by atoms with Gasteiger partial charge in [0.2, 0.25) is 5.91 Å². The lowest BCUT2D eigenvalue weighted by molar-refractivity contribution is -0.130. The van der Waals surface area contributed by atoms with Gasteiger partial charge in [-0.05, 0) is 31.5 Å². The second-order valence-electron chi connectivity index (χ2n) is 5.77. The molecule has 3 rings (SSSR count). The van der Waals surface area contributed by atoms with Gasteiger partial charge in [-0.25, -0.2) is 4.98 Å². The summed E-state index contributed by atoms with van der Waals surface area (Å²) in [6.45, 7) is 2.54. The summed E-state index contributed by atoms with van der Waals surface area (Å²) in [4.78, 5) is 18.7. The number of hydrogen-bond acceptors (Lipinski definition) is 3. The van der Waals surface area contributed by atoms with Gasteiger partial charge in [-0.3, -0.25) is 9.48 Å². The van der Waals surface area contributed by atoms with E-state index in [9.17, 15) is 4.79 Å². The first-order chi connectivity index (χ1) is 11.1. The van der Waals surface area contributed by atoms with Crippen molar-refractivity contribution in [1.82, 2.24) is 24.1 Å². The third-order valence-electron chi connectivity index (χ3n) is 4.16. The molecule has 0 fully saturated rings. The Morgan fingerprint density at radius 3 is 2.87 bits per heavy atom. The van der Waals surface area contributed by atoms with Gasteiger partial charge in [0.25, 0.3) is 0 Å². The molecule has 0 bridgehead atoms. The van der Waals surface area contributed by atoms with Crippen LogP contribution in [-0.2, 0) is 24.8 Å². The molecule has 0 aliphatic carbocycles. The molecular weight excluding hydrogens is 290 g/mol. The highest BCUT2D eigenvalue weighted by Crippen LogP contribution is 2.14. The predicted octanol–water partition coefficient (Wildman–Crippen LogP) is 1.97. The number of hydrogen-bond donors (Lipinski definition) is 0. The number of fused-ring (bicyclic) bond motifs is 1. The molecule has 0 aromatic carbocycles. The number of aromatic nitrogens is 4. The number of carbonyl (C=O) groups is 1. The van der Waals surface area contributed by atoms with Crippen molar-refractivity contribution in [2.24, 2.45) is 7.05 Å². The van der Waals surface area contributed by atoms with Crippen LogP contribution in [0.1, 0.15) is 23.5 Å². The van der Waals surface area contributed by atoms with Crippen LogP contribution in [0.2, 0.25) is 0 Å². The van der Waals surface area contributed by atoms with E-state index in [1.54, 1.807) is 11.1 Å². The first kappa shape index (κ1) is 15.3. The molecule has 1 amide bonds. The quantitative estimate of drug-likeness (QED) is 0.724. The molecule has 0 N–H and O–H groups in total. The molecule has 23 heavy (non-hydrogen) atoms. The molecule has 3 heterocycles. The van der Waals surface area contributed by atoms with Crippen LogP contribution in [0.5, 0.6) is 0 Å². The summed E-state index contributed by atoms with van der Waals surface area (Å²) in [7, 11) is 3.73. The van der Waals surface area contributed by atoms with E-state index in [0.717, 1.165) is 22.7 Å². The first-order valence-electron chi connectivity index (χ1n) is 7.69. The van der Waals surface area contributed by atoms with E-state index in [-0.39, 0.29) is 5.91 Å². The second-order valence-corrected chi connectivity index (χ2v) is 5.77. The van der Waals surface area contributed by atoms with Gasteiger partial charge < -0.3 is 9.30 Å². The highest BCUT2D eigenvalue weighted by atomic mass is 16.2. The summed E-state index contributed by atoms with van der Waals surface area (Å²) in [5.41, 5.74) is 3.99. The third-order valence-corrected chi connectivity index (χ3v) is 4.16. The van der Waals surface area contributed by atoms with E-state index in [1.807, 2.05) is 60.6 Å². The fraction of sp³-hybridized carbons (Fsp3) is 0.353. The molecule has 6 nitrogen and oxygen atoms in total. The number of rotatable bonds is 5. The summed E-state index contributed by atoms with van der Waals surface area (Å²) in [6.07, 6.45) is 4.92. The van der Waals surface area contributed by atoms with Gasteiger partial charge in [0, 0.05) is 38.6 Å². The second kappa shape index (κ2) is 6.24. The minimum atomic E-state index is 0.122. The molecule has 6 heteroatoms. The Kier molecular flexibility index (Phi) is 4.14. The minimum absolute atomic E-state index is 0.122. The van der Waals surface area contributed by atoms with Gasteiger partial charge in [-0.2, -0.15) is 5.10 Å². The van der Waals surface area contributed by atoms with E-state index in [1.165, 1.54) is 0 Å². The van der Waals surface area contributed by atoms with Crippen LogP contribution in [0.4, 0.5) is 0 Å². The molecule has 120 valence electrons. The normalized spacial score (nSPS) is 11.1. The number of carbonyl (C=O) groups excluding carboxylic acids is 1. The summed E-state index contributed by atoms with van der Waals surface area (Å²) >= 11 is 0. The van der Waals surface area contributed by atoms with Crippen LogP contribution >= 0.6 is 0 Å². The van der Waals surface area contributed by atoms with E-state index < -0.39 is 0 Å². The monoisotopic (exact) mass is 311 g/mol. The highest BCUT2D eigenvalue weighted by molar-refractivity contribution is 5.76. The highest BCUT2D eigenvalue weighted by Gasteiger charge is 2.15. The fourth-order valence-corrected chi connectivity index (χ4v) is 2.74. The van der Waals surface area contributed by atoms with Crippen molar-refractivity contribution >= 4 is 11.6 Å². The lowest BCUT2D eigenvalue weighted by Crippen LogP contribution is -2.27. The topological polar surface area (TPSA) is 55.4 Å². The fourth-order valence-electron chi connectivity index (χ4n) is 2.74. The van der Waals surface area contributed by atoms with Crippen LogP contribution in [0.25, 0.3) is 5.65 Å². The van der Waals surface area contributed by atoms with Gasteiger partial charge in [-0.15, -0.1) is 0 Å². The van der Waals surface area contributed by atoms with Crippen LogP contribution in [0.3, 0.4) is 0 Å². The minimum Gasteiger partial charge on any atom is -0.340 e. The SMILES string of the molecule is Cc1nc2ccccn2c1CN(C)C(=O)CCc1ccnn1C. The van der Waals surface area contributed by atoms with Crippen molar-refractivity contribution in [1.29, 1.82) is 0 Å². The Hall–Kier alpha value is -2.63. The maximum Gasteiger partial charge on any atom is 0.223 e. The van der Waals surface area contributed by atoms with E-state index in [0.29, 0.717) is 19.4 Å². The standard InChI is InChI=1S/C17H21N5O/c1-13-15(22-11-5-4-6-16(22)19-13)12-20(2)17(23)8-7-14-9-10-18-21(14)3/h4-6,9-11H,7-8,12H2,1-3H3. The van der Waals surface area contributed by atoms with Crippen molar-refractivity contribution in [2.75, 3.05) is 7.05 Å². The number of nitrogens with zero attached hydrogens (tertiary/aromatic N) is 5. The van der Waals surface area contributed by atoms with Gasteiger partial charge in [-0.1, -0.05) is 6.07 Å². The lowest BCUT2D eigenvalue weighted by atomic mass is 10.2. The summed E-state index contributed by atoms with van der Waals surface area (Å²) in [5, 5.41) is 4.13. The number of amides is 1. The Morgan fingerprint density at radius 2 is 2.13 bits per heavy atom. The van der Waals surface area contributed by atoms with Crippen LogP contribution in [0, 0.1) is 6.92 Å². The van der Waals surface area contributed by atoms with E-state index in [4.69, 9.17) is 0 Å². The maximum absolute atomic E-state index is 12.4. The molecule has 3 aromatic heterocycles. The van der Waals surface area contributed by atoms with Crippen LogP contribution < -0.4 is 0 Å². The molecule has 3 aromatic rings. The average molecular weight is 311 g/mol. The zero-order valence-corrected chi connectivity index (χ0v) is 13.7. The van der Waals surface area contributed by atoms with Gasteiger partial charge in [0.15, 0.2) is 0 Å². The Morgan fingerprint density at radius 1 is 1.30 bits per heavy atom. The zero-order chi connectivity index (χ0) is 16.4. The molecule has 0 radical (unpaired) electrons. The molecule has 0 saturated heterocycles. The third kappa shape index (κ3) is 3.11. The molecular formula is C17H21N5O. The molecule has 0 aliphatic heterocycles. The van der Waals surface area contributed by atoms with Gasteiger partial charge in [0.1, 0.15) is 5.65 Å². The smallest absolute Gasteiger partial charge is 0.223 e. The lowest BCUT2D eigenvalue weighted by Gasteiger charge is -2.17. The average Bonchev–Trinajstić information content (AvgIpc) is 3.08. The number of imidazole rings is 1. The Balaban J connectivity index is 1.68. The Bertz CT molecular complexity index is 832.